The summed E-state index contributed by atoms with van der Waals surface area (Å²) < 4.78 is 6.71. The van der Waals surface area contributed by atoms with Gasteiger partial charge in [0.25, 0.3) is 0 Å². The Labute approximate surface area is 91.8 Å². The molecule has 0 saturated carbocycles. The summed E-state index contributed by atoms with van der Waals surface area (Å²) in [6.07, 6.45) is 0.385. The molecule has 2 aromatic heterocycles. The lowest BCUT2D eigenvalue weighted by atomic mass is 10.3. The zero-order chi connectivity index (χ0) is 11.5. The van der Waals surface area contributed by atoms with Gasteiger partial charge in [-0.15, -0.1) is 0 Å². The summed E-state index contributed by atoms with van der Waals surface area (Å²) in [5.41, 5.74) is 7.16. The SMILES string of the molecule is COCc1nn(CCC#N)c2n[nH]c(N)c12. The lowest BCUT2D eigenvalue weighted by molar-refractivity contribution is 0.181. The standard InChI is InChI=1S/C9H12N6O/c1-16-5-6-7-8(11)12-13-9(7)15(14-6)4-2-3-10/h2,4-5H2,1H3,(H3,11,12,13). The second-order valence-electron chi connectivity index (χ2n) is 3.35. The first-order chi connectivity index (χ1) is 7.77. The Balaban J connectivity index is 2.46. The van der Waals surface area contributed by atoms with Gasteiger partial charge >= 0.3 is 0 Å². The van der Waals surface area contributed by atoms with Crippen LogP contribution in [-0.4, -0.2) is 27.1 Å². The van der Waals surface area contributed by atoms with Crippen molar-refractivity contribution in [3.05, 3.63) is 5.69 Å². The van der Waals surface area contributed by atoms with Crippen LogP contribution in [0.2, 0.25) is 0 Å². The fraction of sp³-hybridized carbons (Fsp3) is 0.444. The second-order valence-corrected chi connectivity index (χ2v) is 3.35. The van der Waals surface area contributed by atoms with Crippen molar-refractivity contribution in [2.75, 3.05) is 12.8 Å². The van der Waals surface area contributed by atoms with Crippen molar-refractivity contribution in [2.24, 2.45) is 0 Å². The highest BCUT2D eigenvalue weighted by Gasteiger charge is 2.15. The molecule has 0 aromatic carbocycles. The molecule has 2 rings (SSSR count). The highest BCUT2D eigenvalue weighted by Crippen LogP contribution is 2.22. The van der Waals surface area contributed by atoms with Crippen LogP contribution in [0.3, 0.4) is 0 Å². The van der Waals surface area contributed by atoms with Gasteiger partial charge in [0.2, 0.25) is 0 Å². The number of rotatable bonds is 4. The molecule has 84 valence electrons. The Morgan fingerprint density at radius 3 is 3.12 bits per heavy atom. The molecule has 0 spiro atoms. The number of H-pyrrole nitrogens is 1. The summed E-state index contributed by atoms with van der Waals surface area (Å²) in [6.45, 7) is 0.876. The molecule has 7 heteroatoms. The van der Waals surface area contributed by atoms with Crippen LogP contribution in [0.15, 0.2) is 0 Å². The monoisotopic (exact) mass is 220 g/mol. The Kier molecular flexibility index (Phi) is 2.74. The molecule has 0 unspecified atom stereocenters. The van der Waals surface area contributed by atoms with Gasteiger partial charge in [-0.1, -0.05) is 0 Å². The molecular formula is C9H12N6O. The van der Waals surface area contributed by atoms with Crippen molar-refractivity contribution in [2.45, 2.75) is 19.6 Å². The molecule has 0 amide bonds. The minimum Gasteiger partial charge on any atom is -0.383 e. The number of hydrogen-bond acceptors (Lipinski definition) is 5. The van der Waals surface area contributed by atoms with E-state index in [4.69, 9.17) is 15.7 Å². The fourth-order valence-electron chi connectivity index (χ4n) is 1.61. The molecule has 2 aromatic rings. The van der Waals surface area contributed by atoms with Gasteiger partial charge in [-0.25, -0.2) is 4.68 Å². The number of methoxy groups -OCH3 is 1. The molecular weight excluding hydrogens is 208 g/mol. The molecule has 0 aliphatic carbocycles. The van der Waals surface area contributed by atoms with Gasteiger partial charge in [0.05, 0.1) is 31.0 Å². The van der Waals surface area contributed by atoms with Gasteiger partial charge in [-0.2, -0.15) is 15.5 Å². The van der Waals surface area contributed by atoms with E-state index >= 15 is 0 Å². The van der Waals surface area contributed by atoms with E-state index < -0.39 is 0 Å². The van der Waals surface area contributed by atoms with Gasteiger partial charge in [-0.05, 0) is 0 Å². The maximum absolute atomic E-state index is 8.55. The van der Waals surface area contributed by atoms with E-state index in [-0.39, 0.29) is 0 Å². The van der Waals surface area contributed by atoms with Crippen molar-refractivity contribution in [3.8, 4) is 6.07 Å². The van der Waals surface area contributed by atoms with Crippen LogP contribution in [0.1, 0.15) is 12.1 Å². The summed E-state index contributed by atoms with van der Waals surface area (Å²) >= 11 is 0. The Bertz CT molecular complexity index is 534. The zero-order valence-electron chi connectivity index (χ0n) is 8.90. The lowest BCUT2D eigenvalue weighted by Crippen LogP contribution is -2.01. The topological polar surface area (TPSA) is 106 Å². The van der Waals surface area contributed by atoms with Gasteiger partial charge in [0.1, 0.15) is 11.5 Å². The molecule has 3 N–H and O–H groups in total. The van der Waals surface area contributed by atoms with Crippen molar-refractivity contribution in [3.63, 3.8) is 0 Å². The van der Waals surface area contributed by atoms with Crippen molar-refractivity contribution in [1.82, 2.24) is 20.0 Å². The van der Waals surface area contributed by atoms with Gasteiger partial charge < -0.3 is 10.5 Å². The molecule has 0 atom stereocenters. The lowest BCUT2D eigenvalue weighted by Gasteiger charge is -1.96. The smallest absolute Gasteiger partial charge is 0.182 e. The zero-order valence-corrected chi connectivity index (χ0v) is 8.90. The summed E-state index contributed by atoms with van der Waals surface area (Å²) in [6, 6.07) is 2.07. The average Bonchev–Trinajstić information content (AvgIpc) is 2.80. The van der Waals surface area contributed by atoms with Crippen LogP contribution >= 0.6 is 0 Å². The van der Waals surface area contributed by atoms with E-state index in [0.29, 0.717) is 31.0 Å². The molecule has 0 radical (unpaired) electrons. The fourth-order valence-corrected chi connectivity index (χ4v) is 1.61. The number of hydrogen-bond donors (Lipinski definition) is 2. The van der Waals surface area contributed by atoms with Crippen LogP contribution in [0.25, 0.3) is 11.0 Å². The Hall–Kier alpha value is -2.07. The minimum absolute atomic E-state index is 0.375. The number of nitrogens with two attached hydrogens (primary N) is 1. The Morgan fingerprint density at radius 1 is 1.62 bits per heavy atom. The third kappa shape index (κ3) is 1.59. The number of fused-ring (bicyclic) bond motifs is 1. The quantitative estimate of drug-likeness (QED) is 0.775. The number of nitrogens with one attached hydrogen (secondary N) is 1. The molecule has 16 heavy (non-hydrogen) atoms. The van der Waals surface area contributed by atoms with Crippen LogP contribution in [0, 0.1) is 11.3 Å². The van der Waals surface area contributed by atoms with Gasteiger partial charge in [-0.3, -0.25) is 5.10 Å². The number of aryl methyl sites for hydroxylation is 1. The number of ether oxygens (including phenoxy) is 1. The van der Waals surface area contributed by atoms with Crippen LogP contribution in [0.5, 0.6) is 0 Å². The van der Waals surface area contributed by atoms with Crippen LogP contribution < -0.4 is 5.73 Å². The number of aromatic nitrogens is 4. The van der Waals surface area contributed by atoms with Crippen molar-refractivity contribution < 1.29 is 4.74 Å². The maximum atomic E-state index is 8.55. The number of nitrogens with zero attached hydrogens (tertiary/aromatic N) is 4. The van der Waals surface area contributed by atoms with E-state index in [9.17, 15) is 0 Å². The number of nitriles is 1. The molecule has 0 saturated heterocycles. The first-order valence-corrected chi connectivity index (χ1v) is 4.83. The van der Waals surface area contributed by atoms with E-state index in [1.807, 2.05) is 0 Å². The largest absolute Gasteiger partial charge is 0.383 e. The molecule has 0 bridgehead atoms. The molecule has 0 aliphatic rings. The highest BCUT2D eigenvalue weighted by molar-refractivity contribution is 5.88. The minimum atomic E-state index is 0.375. The maximum Gasteiger partial charge on any atom is 0.182 e. The predicted octanol–water partition coefficient (Wildman–Crippen LogP) is 0.402. The van der Waals surface area contributed by atoms with Gasteiger partial charge in [0, 0.05) is 7.11 Å². The number of anilines is 1. The highest BCUT2D eigenvalue weighted by atomic mass is 16.5. The number of nitrogen functional groups attached to an aromatic ring is 1. The third-order valence-corrected chi connectivity index (χ3v) is 2.27. The van der Waals surface area contributed by atoms with Crippen LogP contribution in [0.4, 0.5) is 5.82 Å². The summed E-state index contributed by atoms with van der Waals surface area (Å²) in [5, 5.41) is 20.4. The van der Waals surface area contributed by atoms with Crippen molar-refractivity contribution >= 4 is 16.9 Å². The van der Waals surface area contributed by atoms with E-state index in [0.717, 1.165) is 11.1 Å². The molecule has 7 nitrogen and oxygen atoms in total. The van der Waals surface area contributed by atoms with Crippen molar-refractivity contribution in [1.29, 1.82) is 5.26 Å². The average molecular weight is 220 g/mol. The summed E-state index contributed by atoms with van der Waals surface area (Å²) in [4.78, 5) is 0. The summed E-state index contributed by atoms with van der Waals surface area (Å²) in [5.74, 6) is 0.477. The first kappa shape index (κ1) is 10.4. The third-order valence-electron chi connectivity index (χ3n) is 2.27. The van der Waals surface area contributed by atoms with E-state index in [1.165, 1.54) is 0 Å². The normalized spacial score (nSPS) is 10.8. The number of aromatic amines is 1. The first-order valence-electron chi connectivity index (χ1n) is 4.83. The molecule has 0 fully saturated rings. The summed E-state index contributed by atoms with van der Waals surface area (Å²) in [7, 11) is 1.59. The molecule has 0 aliphatic heterocycles. The van der Waals surface area contributed by atoms with Crippen LogP contribution in [-0.2, 0) is 17.9 Å². The Morgan fingerprint density at radius 2 is 2.44 bits per heavy atom. The second kappa shape index (κ2) is 4.20. The van der Waals surface area contributed by atoms with E-state index in [1.54, 1.807) is 11.8 Å². The molecule has 2 heterocycles. The van der Waals surface area contributed by atoms with E-state index in [2.05, 4.69) is 21.4 Å². The predicted molar refractivity (Wildman–Crippen MR) is 57.2 cm³/mol. The van der Waals surface area contributed by atoms with Gasteiger partial charge in [0.15, 0.2) is 5.65 Å².